The van der Waals surface area contributed by atoms with Crippen LogP contribution in [-0.2, 0) is 9.53 Å². The summed E-state index contributed by atoms with van der Waals surface area (Å²) >= 11 is 0. The summed E-state index contributed by atoms with van der Waals surface area (Å²) in [5.74, 6) is 0.416. The summed E-state index contributed by atoms with van der Waals surface area (Å²) in [5.41, 5.74) is 3.16. The Morgan fingerprint density at radius 2 is 2.07 bits per heavy atom. The highest BCUT2D eigenvalue weighted by molar-refractivity contribution is 5.86. The third-order valence-electron chi connectivity index (χ3n) is 5.13. The Balaban J connectivity index is 1.81. The van der Waals surface area contributed by atoms with Crippen LogP contribution in [0.25, 0.3) is 22.6 Å². The van der Waals surface area contributed by atoms with Crippen LogP contribution in [0.15, 0.2) is 6.33 Å². The number of aliphatic hydroxyl groups is 2. The van der Waals surface area contributed by atoms with Gasteiger partial charge in [-0.05, 0) is 20.8 Å². The zero-order valence-electron chi connectivity index (χ0n) is 17.0. The van der Waals surface area contributed by atoms with E-state index in [1.807, 2.05) is 13.8 Å². The lowest BCUT2D eigenvalue weighted by molar-refractivity contribution is -0.137. The maximum atomic E-state index is 12.2. The standard InChI is InChI=1S/C18H24N8O4/c1-5-20-17(29)13-11(27)12(28)18(30-13)26-6-21-10-15(19-4)22-14(23-16(10)26)9-7(2)24-25-8(9)3/h6,11-13,18,27-28H,5H2,1-4H3,(H,20,29)(H,24,25)(H,19,22,23)/t11-,12+,13-,18+/m0/s1. The summed E-state index contributed by atoms with van der Waals surface area (Å²) in [6, 6.07) is 0. The molecule has 0 spiro atoms. The smallest absolute Gasteiger partial charge is 0.252 e. The number of aromatic amines is 1. The van der Waals surface area contributed by atoms with Crippen molar-refractivity contribution in [2.75, 3.05) is 18.9 Å². The predicted octanol–water partition coefficient (Wildman–Crippen LogP) is -0.370. The normalized spacial score (nSPS) is 23.8. The summed E-state index contributed by atoms with van der Waals surface area (Å²) in [6.45, 7) is 5.86. The molecule has 1 fully saturated rings. The van der Waals surface area contributed by atoms with Crippen LogP contribution in [0.3, 0.4) is 0 Å². The largest absolute Gasteiger partial charge is 0.387 e. The van der Waals surface area contributed by atoms with Gasteiger partial charge in [-0.2, -0.15) is 5.10 Å². The van der Waals surface area contributed by atoms with Gasteiger partial charge in [0, 0.05) is 19.3 Å². The summed E-state index contributed by atoms with van der Waals surface area (Å²) in [5, 5.41) is 33.6. The number of anilines is 1. The topological polar surface area (TPSA) is 163 Å². The number of carbonyl (C=O) groups excluding carboxylic acids is 1. The lowest BCUT2D eigenvalue weighted by Crippen LogP contribution is -2.42. The van der Waals surface area contributed by atoms with E-state index in [1.165, 1.54) is 10.9 Å². The first-order valence-corrected chi connectivity index (χ1v) is 9.60. The number of nitrogens with one attached hydrogen (secondary N) is 3. The van der Waals surface area contributed by atoms with E-state index in [-0.39, 0.29) is 0 Å². The van der Waals surface area contributed by atoms with E-state index in [2.05, 4.69) is 35.8 Å². The molecule has 3 aromatic heterocycles. The molecule has 0 saturated carbocycles. The number of ether oxygens (including phenoxy) is 1. The minimum absolute atomic E-state index is 0.381. The number of rotatable bonds is 5. The molecule has 30 heavy (non-hydrogen) atoms. The van der Waals surface area contributed by atoms with Gasteiger partial charge in [-0.1, -0.05) is 0 Å². The fourth-order valence-electron chi connectivity index (χ4n) is 3.65. The number of aryl methyl sites for hydroxylation is 2. The fourth-order valence-corrected chi connectivity index (χ4v) is 3.65. The number of hydrogen-bond donors (Lipinski definition) is 5. The zero-order chi connectivity index (χ0) is 21.6. The van der Waals surface area contributed by atoms with Crippen molar-refractivity contribution in [2.24, 2.45) is 0 Å². The highest BCUT2D eigenvalue weighted by Gasteiger charge is 2.47. The molecule has 1 saturated heterocycles. The third-order valence-corrected chi connectivity index (χ3v) is 5.13. The maximum Gasteiger partial charge on any atom is 0.252 e. The van der Waals surface area contributed by atoms with Crippen molar-refractivity contribution < 1.29 is 19.7 Å². The van der Waals surface area contributed by atoms with Gasteiger partial charge >= 0.3 is 0 Å². The predicted molar refractivity (Wildman–Crippen MR) is 107 cm³/mol. The minimum Gasteiger partial charge on any atom is -0.387 e. The number of hydrogen-bond acceptors (Lipinski definition) is 9. The molecule has 0 unspecified atom stereocenters. The van der Waals surface area contributed by atoms with Crippen molar-refractivity contribution in [3.8, 4) is 11.4 Å². The van der Waals surface area contributed by atoms with Crippen molar-refractivity contribution >= 4 is 22.9 Å². The molecule has 1 aliphatic heterocycles. The van der Waals surface area contributed by atoms with Crippen molar-refractivity contribution in [2.45, 2.75) is 45.3 Å². The SMILES string of the molecule is CCNC(=O)[C@H]1O[C@@H](n2cnc3c(NC)nc(-c4c(C)n[nH]c4C)nc32)[C@H](O)[C@@H]1O. The fraction of sp³-hybridized carbons (Fsp3) is 0.500. The Morgan fingerprint density at radius 1 is 1.30 bits per heavy atom. The zero-order valence-corrected chi connectivity index (χ0v) is 17.0. The quantitative estimate of drug-likeness (QED) is 0.373. The van der Waals surface area contributed by atoms with Crippen molar-refractivity contribution in [3.05, 3.63) is 17.7 Å². The number of fused-ring (bicyclic) bond motifs is 1. The second-order valence-electron chi connectivity index (χ2n) is 7.10. The Morgan fingerprint density at radius 3 is 2.70 bits per heavy atom. The molecule has 12 nitrogen and oxygen atoms in total. The summed E-state index contributed by atoms with van der Waals surface area (Å²) in [6.07, 6.45) is -3.53. The summed E-state index contributed by atoms with van der Waals surface area (Å²) in [4.78, 5) is 25.7. The monoisotopic (exact) mass is 416 g/mol. The average molecular weight is 416 g/mol. The van der Waals surface area contributed by atoms with E-state index >= 15 is 0 Å². The van der Waals surface area contributed by atoms with Crippen LogP contribution in [0.2, 0.25) is 0 Å². The van der Waals surface area contributed by atoms with Gasteiger partial charge in [-0.25, -0.2) is 15.0 Å². The van der Waals surface area contributed by atoms with Crippen LogP contribution in [0.4, 0.5) is 5.82 Å². The molecule has 3 aromatic rings. The lowest BCUT2D eigenvalue weighted by Gasteiger charge is -2.17. The molecular formula is C18H24N8O4. The summed E-state index contributed by atoms with van der Waals surface area (Å²) < 4.78 is 7.22. The molecule has 1 amide bonds. The van der Waals surface area contributed by atoms with E-state index in [0.717, 1.165) is 17.0 Å². The number of likely N-dealkylation sites (N-methyl/N-ethyl adjacent to an activating group) is 1. The van der Waals surface area contributed by atoms with E-state index in [9.17, 15) is 15.0 Å². The average Bonchev–Trinajstić information content (AvgIpc) is 3.38. The van der Waals surface area contributed by atoms with Gasteiger partial charge in [0.2, 0.25) is 0 Å². The Hall–Kier alpha value is -3.09. The van der Waals surface area contributed by atoms with E-state index < -0.39 is 30.4 Å². The van der Waals surface area contributed by atoms with Crippen molar-refractivity contribution in [3.63, 3.8) is 0 Å². The van der Waals surface area contributed by atoms with Crippen LogP contribution < -0.4 is 10.6 Å². The molecule has 5 N–H and O–H groups in total. The van der Waals surface area contributed by atoms with Crippen LogP contribution in [0.1, 0.15) is 24.5 Å². The van der Waals surface area contributed by atoms with Gasteiger partial charge in [0.05, 0.1) is 17.6 Å². The number of imidazole rings is 1. The molecule has 4 rings (SSSR count). The van der Waals surface area contributed by atoms with Crippen molar-refractivity contribution in [1.29, 1.82) is 0 Å². The first-order valence-electron chi connectivity index (χ1n) is 9.60. The highest BCUT2D eigenvalue weighted by atomic mass is 16.6. The number of H-pyrrole nitrogens is 1. The minimum atomic E-state index is -1.39. The Labute approximate surface area is 171 Å². The molecule has 4 atom stereocenters. The second kappa shape index (κ2) is 7.63. The summed E-state index contributed by atoms with van der Waals surface area (Å²) in [7, 11) is 1.72. The highest BCUT2D eigenvalue weighted by Crippen LogP contribution is 2.34. The first-order chi connectivity index (χ1) is 14.4. The van der Waals surface area contributed by atoms with Gasteiger partial charge < -0.3 is 25.6 Å². The number of nitrogens with zero attached hydrogens (tertiary/aromatic N) is 5. The number of amides is 1. The molecule has 1 aliphatic rings. The van der Waals surface area contributed by atoms with Gasteiger partial charge in [0.15, 0.2) is 35.1 Å². The van der Waals surface area contributed by atoms with E-state index in [1.54, 1.807) is 14.0 Å². The molecule has 0 bridgehead atoms. The van der Waals surface area contributed by atoms with Gasteiger partial charge in [-0.15, -0.1) is 0 Å². The lowest BCUT2D eigenvalue weighted by atomic mass is 10.1. The molecule has 0 radical (unpaired) electrons. The van der Waals surface area contributed by atoms with Crippen LogP contribution in [0.5, 0.6) is 0 Å². The Bertz CT molecular complexity index is 1070. The second-order valence-corrected chi connectivity index (χ2v) is 7.10. The van der Waals surface area contributed by atoms with Crippen LogP contribution in [0, 0.1) is 13.8 Å². The molecule has 0 aromatic carbocycles. The van der Waals surface area contributed by atoms with Crippen LogP contribution in [-0.4, -0.2) is 77.7 Å². The molecule has 12 heteroatoms. The van der Waals surface area contributed by atoms with Crippen LogP contribution >= 0.6 is 0 Å². The molecule has 4 heterocycles. The number of aliphatic hydroxyl groups excluding tert-OH is 2. The van der Waals surface area contributed by atoms with E-state index in [4.69, 9.17) is 4.74 Å². The van der Waals surface area contributed by atoms with Gasteiger partial charge in [0.25, 0.3) is 5.91 Å². The first kappa shape index (κ1) is 20.2. The van der Waals surface area contributed by atoms with Gasteiger partial charge in [0.1, 0.15) is 12.2 Å². The van der Waals surface area contributed by atoms with E-state index in [0.29, 0.717) is 29.4 Å². The number of aromatic nitrogens is 6. The molecule has 0 aliphatic carbocycles. The number of carbonyl (C=O) groups is 1. The maximum absolute atomic E-state index is 12.2. The molecular weight excluding hydrogens is 392 g/mol. The van der Waals surface area contributed by atoms with Crippen molar-refractivity contribution in [1.82, 2.24) is 35.0 Å². The third kappa shape index (κ3) is 3.09. The van der Waals surface area contributed by atoms with Gasteiger partial charge in [-0.3, -0.25) is 14.5 Å². The Kier molecular flexibility index (Phi) is 5.13. The molecule has 160 valence electrons.